The first kappa shape index (κ1) is 29.4. The molecule has 0 fully saturated rings. The number of oxazole rings is 2. The lowest BCUT2D eigenvalue weighted by Crippen LogP contribution is -2.54. The first-order chi connectivity index (χ1) is 21.2. The molecule has 0 aliphatic carbocycles. The zero-order valence-electron chi connectivity index (χ0n) is 22.3. The molecule has 2 heterocycles. The number of hydrogen-bond donors (Lipinski definition) is 2. The van der Waals surface area contributed by atoms with Crippen LogP contribution in [0.2, 0.25) is 0 Å². The van der Waals surface area contributed by atoms with Crippen LogP contribution in [0.5, 0.6) is 0 Å². The summed E-state index contributed by atoms with van der Waals surface area (Å²) in [7, 11) is 0. The zero-order chi connectivity index (χ0) is 32.3. The van der Waals surface area contributed by atoms with Gasteiger partial charge in [0.05, 0.1) is 11.1 Å². The third kappa shape index (κ3) is 4.65. The van der Waals surface area contributed by atoms with Gasteiger partial charge in [0.15, 0.2) is 11.2 Å². The van der Waals surface area contributed by atoms with E-state index < -0.39 is 40.8 Å². The molecule has 6 rings (SSSR count). The standard InChI is InChI=1S/C31H16F6N2O6/c32-30(33,34)29(31(35,36)37,17-11-7-15(8-12-17)25-38-23-19(27(40)41)3-1-5-21(23)44-25)18-13-9-16(10-14-18)26-39-24-20(28(42)43)4-2-6-22(24)45-26/h1-14H,(H,40,41)(H,42,43). The second kappa shape index (κ2) is 10.2. The first-order valence-corrected chi connectivity index (χ1v) is 12.8. The minimum atomic E-state index is -5.86. The summed E-state index contributed by atoms with van der Waals surface area (Å²) in [5, 5.41) is 18.7. The van der Waals surface area contributed by atoms with Crippen LogP contribution in [0.4, 0.5) is 26.3 Å². The summed E-state index contributed by atoms with van der Waals surface area (Å²) < 4.78 is 99.3. The van der Waals surface area contributed by atoms with Crippen molar-refractivity contribution in [3.05, 3.63) is 107 Å². The number of nitrogens with zero attached hydrogens (tertiary/aromatic N) is 2. The van der Waals surface area contributed by atoms with Crippen LogP contribution < -0.4 is 0 Å². The maximum absolute atomic E-state index is 14.7. The van der Waals surface area contributed by atoms with Gasteiger partial charge in [0.1, 0.15) is 11.0 Å². The molecule has 4 aromatic carbocycles. The number of rotatable bonds is 6. The van der Waals surface area contributed by atoms with E-state index in [9.17, 15) is 46.1 Å². The van der Waals surface area contributed by atoms with E-state index in [1.54, 1.807) is 0 Å². The van der Waals surface area contributed by atoms with Gasteiger partial charge in [-0.15, -0.1) is 0 Å². The molecule has 8 nitrogen and oxygen atoms in total. The Balaban J connectivity index is 1.44. The van der Waals surface area contributed by atoms with E-state index in [1.165, 1.54) is 36.4 Å². The summed E-state index contributed by atoms with van der Waals surface area (Å²) in [4.78, 5) is 31.2. The van der Waals surface area contributed by atoms with Crippen LogP contribution in [0.15, 0.2) is 93.8 Å². The van der Waals surface area contributed by atoms with E-state index in [4.69, 9.17) is 8.83 Å². The van der Waals surface area contributed by atoms with Gasteiger partial charge < -0.3 is 19.0 Å². The minimum absolute atomic E-state index is 0.0107. The van der Waals surface area contributed by atoms with Crippen LogP contribution in [0.1, 0.15) is 31.8 Å². The molecule has 0 spiro atoms. The molecular formula is C31H16F6N2O6. The highest BCUT2D eigenvalue weighted by Crippen LogP contribution is 2.56. The number of aromatic nitrogens is 2. The monoisotopic (exact) mass is 626 g/mol. The quantitative estimate of drug-likeness (QED) is 0.178. The number of fused-ring (bicyclic) bond motifs is 2. The Kier molecular flexibility index (Phi) is 6.68. The van der Waals surface area contributed by atoms with Gasteiger partial charge in [0.25, 0.3) is 0 Å². The van der Waals surface area contributed by atoms with Gasteiger partial charge >= 0.3 is 24.3 Å². The Morgan fingerprint density at radius 2 is 0.911 bits per heavy atom. The minimum Gasteiger partial charge on any atom is -0.478 e. The molecular weight excluding hydrogens is 610 g/mol. The van der Waals surface area contributed by atoms with Crippen LogP contribution >= 0.6 is 0 Å². The van der Waals surface area contributed by atoms with Crippen molar-refractivity contribution in [3.8, 4) is 22.9 Å². The summed E-state index contributed by atoms with van der Waals surface area (Å²) in [5.41, 5.74) is -7.08. The molecule has 0 radical (unpaired) electrons. The van der Waals surface area contributed by atoms with Crippen molar-refractivity contribution < 1.29 is 55.0 Å². The fourth-order valence-electron chi connectivity index (χ4n) is 5.20. The fourth-order valence-corrected chi connectivity index (χ4v) is 5.20. The summed E-state index contributed by atoms with van der Waals surface area (Å²) in [5.74, 6) is -3.02. The van der Waals surface area contributed by atoms with Crippen LogP contribution in [-0.4, -0.2) is 44.5 Å². The van der Waals surface area contributed by atoms with Crippen LogP contribution in [0.3, 0.4) is 0 Å². The van der Waals surface area contributed by atoms with Crippen molar-refractivity contribution in [2.24, 2.45) is 0 Å². The molecule has 0 unspecified atom stereocenters. The topological polar surface area (TPSA) is 127 Å². The molecule has 6 aromatic rings. The van der Waals surface area contributed by atoms with Crippen molar-refractivity contribution in [1.82, 2.24) is 9.97 Å². The average Bonchev–Trinajstić information content (AvgIpc) is 3.61. The third-order valence-electron chi connectivity index (χ3n) is 7.28. The highest BCUT2D eigenvalue weighted by molar-refractivity contribution is 6.01. The Hall–Kier alpha value is -5.66. The predicted octanol–water partition coefficient (Wildman–Crippen LogP) is 8.11. The molecule has 2 N–H and O–H groups in total. The number of alkyl halides is 6. The summed E-state index contributed by atoms with van der Waals surface area (Å²) in [6, 6.07) is 14.7. The number of para-hydroxylation sites is 2. The average molecular weight is 626 g/mol. The molecule has 0 aliphatic rings. The van der Waals surface area contributed by atoms with Crippen molar-refractivity contribution in [2.75, 3.05) is 0 Å². The zero-order valence-corrected chi connectivity index (χ0v) is 22.3. The van der Waals surface area contributed by atoms with E-state index in [0.29, 0.717) is 24.3 Å². The number of carboxylic acids is 2. The van der Waals surface area contributed by atoms with Gasteiger partial charge in [-0.3, -0.25) is 0 Å². The molecule has 45 heavy (non-hydrogen) atoms. The lowest BCUT2D eigenvalue weighted by atomic mass is 9.72. The fraction of sp³-hybridized carbons (Fsp3) is 0.0968. The Morgan fingerprint density at radius 3 is 1.22 bits per heavy atom. The maximum Gasteiger partial charge on any atom is 0.411 e. The van der Waals surface area contributed by atoms with E-state index in [-0.39, 0.29) is 56.2 Å². The summed E-state index contributed by atoms with van der Waals surface area (Å²) in [6.45, 7) is 0. The van der Waals surface area contributed by atoms with Crippen LogP contribution in [0.25, 0.3) is 45.1 Å². The molecule has 0 aliphatic heterocycles. The van der Waals surface area contributed by atoms with Gasteiger partial charge in [-0.1, -0.05) is 36.4 Å². The molecule has 0 atom stereocenters. The predicted molar refractivity (Wildman–Crippen MR) is 146 cm³/mol. The molecule has 0 saturated heterocycles. The van der Waals surface area contributed by atoms with Gasteiger partial charge in [-0.05, 0) is 59.7 Å². The Morgan fingerprint density at radius 1 is 0.556 bits per heavy atom. The van der Waals surface area contributed by atoms with E-state index >= 15 is 0 Å². The Labute approximate surface area is 247 Å². The molecule has 0 saturated carbocycles. The van der Waals surface area contributed by atoms with E-state index in [0.717, 1.165) is 24.3 Å². The lowest BCUT2D eigenvalue weighted by molar-refractivity contribution is -0.288. The highest BCUT2D eigenvalue weighted by Gasteiger charge is 2.72. The normalized spacial score (nSPS) is 12.6. The van der Waals surface area contributed by atoms with E-state index in [1.807, 2.05) is 0 Å². The van der Waals surface area contributed by atoms with Gasteiger partial charge in [-0.25, -0.2) is 19.6 Å². The molecule has 228 valence electrons. The van der Waals surface area contributed by atoms with Crippen LogP contribution in [-0.2, 0) is 5.41 Å². The van der Waals surface area contributed by atoms with Crippen molar-refractivity contribution in [2.45, 2.75) is 17.8 Å². The van der Waals surface area contributed by atoms with Crippen molar-refractivity contribution in [3.63, 3.8) is 0 Å². The second-order valence-corrected chi connectivity index (χ2v) is 9.85. The number of benzene rings is 4. The lowest BCUT2D eigenvalue weighted by Gasteiger charge is -2.38. The van der Waals surface area contributed by atoms with Crippen molar-refractivity contribution in [1.29, 1.82) is 0 Å². The number of carboxylic acid groups (broad SMARTS) is 2. The molecule has 0 bridgehead atoms. The molecule has 14 heteroatoms. The van der Waals surface area contributed by atoms with Gasteiger partial charge in [0, 0.05) is 11.1 Å². The maximum atomic E-state index is 14.7. The van der Waals surface area contributed by atoms with Crippen molar-refractivity contribution >= 4 is 34.1 Å². The molecule has 0 amide bonds. The number of aromatic carboxylic acids is 2. The summed E-state index contributed by atoms with van der Waals surface area (Å²) >= 11 is 0. The number of carbonyl (C=O) groups is 2. The van der Waals surface area contributed by atoms with Gasteiger partial charge in [-0.2, -0.15) is 26.3 Å². The number of hydrogen-bond acceptors (Lipinski definition) is 6. The summed E-state index contributed by atoms with van der Waals surface area (Å²) in [6.07, 6.45) is -11.7. The van der Waals surface area contributed by atoms with Gasteiger partial charge in [0.2, 0.25) is 17.2 Å². The Bertz CT molecular complexity index is 1940. The number of halogens is 6. The largest absolute Gasteiger partial charge is 0.478 e. The third-order valence-corrected chi connectivity index (χ3v) is 7.28. The highest BCUT2D eigenvalue weighted by atomic mass is 19.4. The molecule has 2 aromatic heterocycles. The van der Waals surface area contributed by atoms with Crippen LogP contribution in [0, 0.1) is 0 Å². The van der Waals surface area contributed by atoms with E-state index in [2.05, 4.69) is 9.97 Å². The first-order valence-electron chi connectivity index (χ1n) is 12.8. The SMILES string of the molecule is O=C(O)c1cccc2oc(-c3ccc(C(c4ccc(-c5nc6c(C(=O)O)cccc6o5)cc4)(C(F)(F)F)C(F)(F)F)cc3)nc12. The smallest absolute Gasteiger partial charge is 0.411 e. The second-order valence-electron chi connectivity index (χ2n) is 9.85.